The van der Waals surface area contributed by atoms with E-state index >= 15 is 0 Å². The number of likely N-dealkylation sites (tertiary alicyclic amines) is 1. The molecule has 0 aromatic rings. The number of ether oxygens (including phenoxy) is 3. The van der Waals surface area contributed by atoms with E-state index in [1.807, 2.05) is 0 Å². The third-order valence-corrected chi connectivity index (χ3v) is 4.78. The molecule has 0 spiro atoms. The summed E-state index contributed by atoms with van der Waals surface area (Å²) in [5.41, 5.74) is 2.20. The number of hydrogen-bond donors (Lipinski definition) is 0. The van der Waals surface area contributed by atoms with E-state index in [1.54, 1.807) is 20.3 Å². The van der Waals surface area contributed by atoms with Crippen molar-refractivity contribution in [3.63, 3.8) is 0 Å². The monoisotopic (exact) mass is 293 g/mol. The molecule has 0 radical (unpaired) electrons. The Balaban J connectivity index is 1.78. The van der Waals surface area contributed by atoms with Gasteiger partial charge in [0.25, 0.3) is 0 Å². The second-order valence-corrected chi connectivity index (χ2v) is 5.97. The van der Waals surface area contributed by atoms with Crippen LogP contribution < -0.4 is 0 Å². The van der Waals surface area contributed by atoms with E-state index in [4.69, 9.17) is 14.2 Å². The lowest BCUT2D eigenvalue weighted by Crippen LogP contribution is -2.48. The predicted octanol–water partition coefficient (Wildman–Crippen LogP) is 1.64. The van der Waals surface area contributed by atoms with Gasteiger partial charge in [0.2, 0.25) is 0 Å². The molecule has 3 atom stereocenters. The molecule has 5 nitrogen and oxygen atoms in total. The number of esters is 1. The Labute approximate surface area is 125 Å². The Hall–Kier alpha value is -1.17. The zero-order valence-corrected chi connectivity index (χ0v) is 12.9. The van der Waals surface area contributed by atoms with Crippen LogP contribution in [0.15, 0.2) is 23.3 Å². The van der Waals surface area contributed by atoms with E-state index in [9.17, 15) is 4.79 Å². The Morgan fingerprint density at radius 1 is 1.38 bits per heavy atom. The van der Waals surface area contributed by atoms with Crippen LogP contribution in [0.25, 0.3) is 0 Å². The minimum atomic E-state index is -0.215. The van der Waals surface area contributed by atoms with Crippen molar-refractivity contribution in [3.05, 3.63) is 23.3 Å². The normalized spacial score (nSPS) is 33.0. The number of carbonyl (C=O) groups is 1. The Bertz CT molecular complexity index is 481. The SMILES string of the molecule is COC(OC)C1CCCN1C1C=C(C)C2=CC(=O)OC2C1. The highest BCUT2D eigenvalue weighted by Gasteiger charge is 2.40. The number of carbonyl (C=O) groups excluding carboxylic acids is 1. The van der Waals surface area contributed by atoms with E-state index in [2.05, 4.69) is 17.9 Å². The number of rotatable bonds is 4. The summed E-state index contributed by atoms with van der Waals surface area (Å²) in [6, 6.07) is 0.537. The first kappa shape index (κ1) is 14.8. The summed E-state index contributed by atoms with van der Waals surface area (Å²) < 4.78 is 16.3. The standard InChI is InChI=1S/C16H23NO4/c1-10-7-11(8-14-12(10)9-15(18)21-14)17-6-4-5-13(17)16(19-2)20-3/h7,9,11,13-14,16H,4-6,8H2,1-3H3. The molecule has 0 aromatic heterocycles. The minimum Gasteiger partial charge on any atom is -0.454 e. The molecule has 1 aliphatic carbocycles. The molecule has 3 rings (SSSR count). The zero-order chi connectivity index (χ0) is 15.0. The smallest absolute Gasteiger partial charge is 0.331 e. The van der Waals surface area contributed by atoms with Gasteiger partial charge >= 0.3 is 5.97 Å². The van der Waals surface area contributed by atoms with Gasteiger partial charge in [0.15, 0.2) is 6.29 Å². The lowest BCUT2D eigenvalue weighted by molar-refractivity contribution is -0.146. The second-order valence-electron chi connectivity index (χ2n) is 5.97. The first-order valence-corrected chi connectivity index (χ1v) is 7.56. The van der Waals surface area contributed by atoms with Crippen molar-refractivity contribution in [2.24, 2.45) is 0 Å². The summed E-state index contributed by atoms with van der Waals surface area (Å²) >= 11 is 0. The summed E-state index contributed by atoms with van der Waals surface area (Å²) in [5.74, 6) is -0.215. The summed E-state index contributed by atoms with van der Waals surface area (Å²) in [6.45, 7) is 3.09. The maximum Gasteiger partial charge on any atom is 0.331 e. The van der Waals surface area contributed by atoms with Gasteiger partial charge in [-0.25, -0.2) is 4.79 Å². The van der Waals surface area contributed by atoms with Crippen LogP contribution in [0, 0.1) is 0 Å². The van der Waals surface area contributed by atoms with Crippen LogP contribution in [0.4, 0.5) is 0 Å². The average Bonchev–Trinajstić information content (AvgIpc) is 3.06. The summed E-state index contributed by atoms with van der Waals surface area (Å²) in [4.78, 5) is 13.9. The highest BCUT2D eigenvalue weighted by atomic mass is 16.7. The number of methoxy groups -OCH3 is 2. The van der Waals surface area contributed by atoms with Crippen molar-refractivity contribution < 1.29 is 19.0 Å². The van der Waals surface area contributed by atoms with Crippen molar-refractivity contribution in [1.82, 2.24) is 4.90 Å². The molecule has 2 aliphatic heterocycles. The van der Waals surface area contributed by atoms with Gasteiger partial charge < -0.3 is 14.2 Å². The molecule has 3 unspecified atom stereocenters. The first-order valence-electron chi connectivity index (χ1n) is 7.56. The van der Waals surface area contributed by atoms with E-state index in [0.29, 0.717) is 0 Å². The number of nitrogens with zero attached hydrogens (tertiary/aromatic N) is 1. The van der Waals surface area contributed by atoms with E-state index < -0.39 is 0 Å². The second kappa shape index (κ2) is 5.91. The zero-order valence-electron chi connectivity index (χ0n) is 12.9. The Morgan fingerprint density at radius 3 is 2.86 bits per heavy atom. The molecule has 0 amide bonds. The molecule has 116 valence electrons. The molecule has 2 heterocycles. The molecule has 21 heavy (non-hydrogen) atoms. The minimum absolute atomic E-state index is 0.0858. The van der Waals surface area contributed by atoms with Crippen LogP contribution in [0.3, 0.4) is 0 Å². The van der Waals surface area contributed by atoms with Gasteiger partial charge in [-0.05, 0) is 31.9 Å². The van der Waals surface area contributed by atoms with Gasteiger partial charge in [0.05, 0.1) is 6.04 Å². The van der Waals surface area contributed by atoms with E-state index in [1.165, 1.54) is 0 Å². The molecule has 0 saturated carbocycles. The number of hydrogen-bond acceptors (Lipinski definition) is 5. The Morgan fingerprint density at radius 2 is 2.14 bits per heavy atom. The quantitative estimate of drug-likeness (QED) is 0.582. The third-order valence-electron chi connectivity index (χ3n) is 4.78. The third kappa shape index (κ3) is 2.65. The largest absolute Gasteiger partial charge is 0.454 e. The highest BCUT2D eigenvalue weighted by Crippen LogP contribution is 2.36. The van der Waals surface area contributed by atoms with Gasteiger partial charge in [-0.3, -0.25) is 4.90 Å². The fourth-order valence-electron chi connectivity index (χ4n) is 3.83. The van der Waals surface area contributed by atoms with Crippen molar-refractivity contribution in [3.8, 4) is 0 Å². The molecule has 1 fully saturated rings. The molecule has 3 aliphatic rings. The summed E-state index contributed by atoms with van der Waals surface area (Å²) in [7, 11) is 3.37. The highest BCUT2D eigenvalue weighted by molar-refractivity contribution is 5.87. The van der Waals surface area contributed by atoms with Crippen LogP contribution in [0.1, 0.15) is 26.2 Å². The molecular formula is C16H23NO4. The van der Waals surface area contributed by atoms with E-state index in [-0.39, 0.29) is 30.4 Å². The first-order chi connectivity index (χ1) is 10.1. The van der Waals surface area contributed by atoms with Crippen molar-refractivity contribution in [2.45, 2.75) is 50.7 Å². The van der Waals surface area contributed by atoms with Gasteiger partial charge in [0, 0.05) is 38.3 Å². The van der Waals surface area contributed by atoms with Crippen LogP contribution in [0.2, 0.25) is 0 Å². The van der Waals surface area contributed by atoms with Crippen LogP contribution >= 0.6 is 0 Å². The molecule has 0 bridgehead atoms. The number of fused-ring (bicyclic) bond motifs is 1. The Kier molecular flexibility index (Phi) is 4.15. The van der Waals surface area contributed by atoms with Crippen molar-refractivity contribution >= 4 is 5.97 Å². The van der Waals surface area contributed by atoms with Crippen molar-refractivity contribution in [2.75, 3.05) is 20.8 Å². The summed E-state index contributed by atoms with van der Waals surface area (Å²) in [6.07, 6.45) is 6.63. The molecular weight excluding hydrogens is 270 g/mol. The lowest BCUT2D eigenvalue weighted by Gasteiger charge is -2.38. The molecule has 5 heteroatoms. The summed E-state index contributed by atoms with van der Waals surface area (Å²) in [5, 5.41) is 0. The average molecular weight is 293 g/mol. The van der Waals surface area contributed by atoms with Crippen LogP contribution in [-0.2, 0) is 19.0 Å². The van der Waals surface area contributed by atoms with Crippen molar-refractivity contribution in [1.29, 1.82) is 0 Å². The van der Waals surface area contributed by atoms with Crippen LogP contribution in [-0.4, -0.2) is 56.1 Å². The molecule has 0 aromatic carbocycles. The van der Waals surface area contributed by atoms with Gasteiger partial charge in [-0.1, -0.05) is 6.08 Å². The molecule has 1 saturated heterocycles. The fraction of sp³-hybridized carbons (Fsp3) is 0.688. The fourth-order valence-corrected chi connectivity index (χ4v) is 3.83. The van der Waals surface area contributed by atoms with Crippen LogP contribution in [0.5, 0.6) is 0 Å². The van der Waals surface area contributed by atoms with E-state index in [0.717, 1.165) is 37.0 Å². The van der Waals surface area contributed by atoms with Gasteiger partial charge in [-0.2, -0.15) is 0 Å². The predicted molar refractivity (Wildman–Crippen MR) is 77.7 cm³/mol. The topological polar surface area (TPSA) is 48.0 Å². The lowest BCUT2D eigenvalue weighted by atomic mass is 9.88. The van der Waals surface area contributed by atoms with Gasteiger partial charge in [-0.15, -0.1) is 0 Å². The molecule has 0 N–H and O–H groups in total. The van der Waals surface area contributed by atoms with Gasteiger partial charge in [0.1, 0.15) is 6.10 Å². The maximum absolute atomic E-state index is 11.5. The maximum atomic E-state index is 11.5.